The fourth-order valence-electron chi connectivity index (χ4n) is 2.72. The first kappa shape index (κ1) is 10.5. The maximum atomic E-state index is 9.01. The lowest BCUT2D eigenvalue weighted by molar-refractivity contribution is 0.134. The van der Waals surface area contributed by atoms with Gasteiger partial charge in [-0.1, -0.05) is 0 Å². The Hall–Kier alpha value is -0.590. The first-order chi connectivity index (χ1) is 5.68. The molecule has 0 amide bonds. The SMILES string of the molecule is CC1(C)CC(N)(C#N)CC(C)(C)N1. The summed E-state index contributed by atoms with van der Waals surface area (Å²) in [5.74, 6) is 0. The molecule has 0 atom stereocenters. The molecule has 74 valence electrons. The zero-order chi connectivity index (χ0) is 10.3. The Morgan fingerprint density at radius 2 is 1.54 bits per heavy atom. The highest BCUT2D eigenvalue weighted by Crippen LogP contribution is 2.33. The average molecular weight is 181 g/mol. The van der Waals surface area contributed by atoms with Crippen molar-refractivity contribution in [1.82, 2.24) is 5.32 Å². The minimum absolute atomic E-state index is 0.0494. The van der Waals surface area contributed by atoms with Crippen LogP contribution in [-0.4, -0.2) is 16.6 Å². The predicted octanol–water partition coefficient (Wildman–Crippen LogP) is 1.15. The van der Waals surface area contributed by atoms with Gasteiger partial charge in [0, 0.05) is 11.1 Å². The molecule has 1 fully saturated rings. The van der Waals surface area contributed by atoms with Gasteiger partial charge in [0.25, 0.3) is 0 Å². The molecule has 3 heteroatoms. The third-order valence-corrected chi connectivity index (χ3v) is 2.41. The van der Waals surface area contributed by atoms with Gasteiger partial charge in [0.2, 0.25) is 0 Å². The van der Waals surface area contributed by atoms with Gasteiger partial charge < -0.3 is 11.1 Å². The van der Waals surface area contributed by atoms with E-state index in [0.717, 1.165) is 0 Å². The van der Waals surface area contributed by atoms with E-state index in [2.05, 4.69) is 39.1 Å². The number of nitrogens with two attached hydrogens (primary N) is 1. The van der Waals surface area contributed by atoms with Crippen LogP contribution in [0, 0.1) is 11.3 Å². The summed E-state index contributed by atoms with van der Waals surface area (Å²) >= 11 is 0. The molecule has 13 heavy (non-hydrogen) atoms. The lowest BCUT2D eigenvalue weighted by atomic mass is 9.72. The normalized spacial score (nSPS) is 29.2. The average Bonchev–Trinajstić information content (AvgIpc) is 1.79. The zero-order valence-corrected chi connectivity index (χ0v) is 8.94. The van der Waals surface area contributed by atoms with Crippen LogP contribution in [-0.2, 0) is 0 Å². The van der Waals surface area contributed by atoms with Crippen LogP contribution >= 0.6 is 0 Å². The fourth-order valence-corrected chi connectivity index (χ4v) is 2.72. The summed E-state index contributed by atoms with van der Waals surface area (Å²) in [5, 5.41) is 12.5. The first-order valence-electron chi connectivity index (χ1n) is 4.68. The Kier molecular flexibility index (Phi) is 2.18. The summed E-state index contributed by atoms with van der Waals surface area (Å²) in [6.07, 6.45) is 1.42. The van der Waals surface area contributed by atoms with E-state index in [0.29, 0.717) is 12.8 Å². The Labute approximate surface area is 80.3 Å². The molecule has 0 saturated carbocycles. The van der Waals surface area contributed by atoms with Crippen LogP contribution in [0.3, 0.4) is 0 Å². The van der Waals surface area contributed by atoms with E-state index in [9.17, 15) is 0 Å². The summed E-state index contributed by atoms with van der Waals surface area (Å²) in [6.45, 7) is 8.36. The molecule has 3 nitrogen and oxygen atoms in total. The number of nitriles is 1. The Bertz CT molecular complexity index is 231. The van der Waals surface area contributed by atoms with Gasteiger partial charge in [0.05, 0.1) is 6.07 Å². The highest BCUT2D eigenvalue weighted by molar-refractivity contribution is 5.16. The van der Waals surface area contributed by atoms with Crippen molar-refractivity contribution in [2.75, 3.05) is 0 Å². The van der Waals surface area contributed by atoms with Crippen molar-refractivity contribution < 1.29 is 0 Å². The Morgan fingerprint density at radius 1 is 1.15 bits per heavy atom. The van der Waals surface area contributed by atoms with Gasteiger partial charge in [-0.25, -0.2) is 0 Å². The third kappa shape index (κ3) is 2.43. The van der Waals surface area contributed by atoms with Crippen LogP contribution in [0.4, 0.5) is 0 Å². The van der Waals surface area contributed by atoms with Crippen molar-refractivity contribution >= 4 is 0 Å². The standard InChI is InChI=1S/C10H19N3/c1-8(2)5-10(12,7-11)6-9(3,4)13-8/h13H,5-6,12H2,1-4H3. The summed E-state index contributed by atoms with van der Waals surface area (Å²) in [6, 6.07) is 2.23. The van der Waals surface area contributed by atoms with Crippen LogP contribution in [0.15, 0.2) is 0 Å². The second-order valence-electron chi connectivity index (χ2n) is 5.51. The molecule has 1 aliphatic heterocycles. The minimum Gasteiger partial charge on any atom is -0.313 e. The molecule has 0 aromatic heterocycles. The predicted molar refractivity (Wildman–Crippen MR) is 53.1 cm³/mol. The molecular formula is C10H19N3. The van der Waals surface area contributed by atoms with Crippen LogP contribution in [0.5, 0.6) is 0 Å². The van der Waals surface area contributed by atoms with Crippen molar-refractivity contribution in [2.45, 2.75) is 57.2 Å². The van der Waals surface area contributed by atoms with Crippen LogP contribution < -0.4 is 11.1 Å². The minimum atomic E-state index is -0.668. The molecule has 0 aliphatic carbocycles. The zero-order valence-electron chi connectivity index (χ0n) is 8.94. The number of nitrogens with zero attached hydrogens (tertiary/aromatic N) is 1. The van der Waals surface area contributed by atoms with Crippen LogP contribution in [0.25, 0.3) is 0 Å². The van der Waals surface area contributed by atoms with Gasteiger partial charge in [-0.2, -0.15) is 5.26 Å². The topological polar surface area (TPSA) is 61.8 Å². The smallest absolute Gasteiger partial charge is 0.107 e. The van der Waals surface area contributed by atoms with Gasteiger partial charge in [-0.15, -0.1) is 0 Å². The number of hydrogen-bond donors (Lipinski definition) is 2. The molecule has 0 spiro atoms. The molecule has 1 rings (SSSR count). The largest absolute Gasteiger partial charge is 0.313 e. The van der Waals surface area contributed by atoms with Gasteiger partial charge in [0.1, 0.15) is 5.54 Å². The summed E-state index contributed by atoms with van der Waals surface area (Å²) in [7, 11) is 0. The highest BCUT2D eigenvalue weighted by atomic mass is 15.1. The molecule has 3 N–H and O–H groups in total. The molecule has 0 bridgehead atoms. The third-order valence-electron chi connectivity index (χ3n) is 2.41. The summed E-state index contributed by atoms with van der Waals surface area (Å²) in [5.41, 5.74) is 5.24. The van der Waals surface area contributed by atoms with Gasteiger partial charge in [-0.05, 0) is 40.5 Å². The van der Waals surface area contributed by atoms with Gasteiger partial charge in [-0.3, -0.25) is 0 Å². The van der Waals surface area contributed by atoms with Crippen LogP contribution in [0.2, 0.25) is 0 Å². The van der Waals surface area contributed by atoms with Gasteiger partial charge >= 0.3 is 0 Å². The van der Waals surface area contributed by atoms with Crippen molar-refractivity contribution in [3.05, 3.63) is 0 Å². The maximum Gasteiger partial charge on any atom is 0.107 e. The van der Waals surface area contributed by atoms with Gasteiger partial charge in [0.15, 0.2) is 0 Å². The molecule has 1 heterocycles. The van der Waals surface area contributed by atoms with E-state index < -0.39 is 5.54 Å². The quantitative estimate of drug-likeness (QED) is 0.589. The molecule has 1 saturated heterocycles. The van der Waals surface area contributed by atoms with E-state index in [1.165, 1.54) is 0 Å². The second kappa shape index (κ2) is 2.70. The van der Waals surface area contributed by atoms with E-state index in [1.54, 1.807) is 0 Å². The summed E-state index contributed by atoms with van der Waals surface area (Å²) in [4.78, 5) is 0. The Morgan fingerprint density at radius 3 is 1.85 bits per heavy atom. The highest BCUT2D eigenvalue weighted by Gasteiger charge is 2.45. The molecule has 0 radical (unpaired) electrons. The van der Waals surface area contributed by atoms with E-state index in [4.69, 9.17) is 11.0 Å². The molecular weight excluding hydrogens is 162 g/mol. The van der Waals surface area contributed by atoms with E-state index in [1.807, 2.05) is 0 Å². The second-order valence-corrected chi connectivity index (χ2v) is 5.51. The Balaban J connectivity index is 2.92. The fraction of sp³-hybridized carbons (Fsp3) is 0.900. The number of piperidine rings is 1. The van der Waals surface area contributed by atoms with Crippen molar-refractivity contribution in [3.8, 4) is 6.07 Å². The number of hydrogen-bond acceptors (Lipinski definition) is 3. The van der Waals surface area contributed by atoms with E-state index >= 15 is 0 Å². The maximum absolute atomic E-state index is 9.01. The van der Waals surface area contributed by atoms with E-state index in [-0.39, 0.29) is 11.1 Å². The lowest BCUT2D eigenvalue weighted by Crippen LogP contribution is -2.65. The van der Waals surface area contributed by atoms with Crippen LogP contribution in [0.1, 0.15) is 40.5 Å². The first-order valence-corrected chi connectivity index (χ1v) is 4.68. The molecule has 0 aromatic carbocycles. The molecule has 0 aromatic rings. The van der Waals surface area contributed by atoms with Crippen molar-refractivity contribution in [1.29, 1.82) is 5.26 Å². The number of nitrogens with one attached hydrogen (secondary N) is 1. The van der Waals surface area contributed by atoms with Crippen molar-refractivity contribution in [2.24, 2.45) is 5.73 Å². The van der Waals surface area contributed by atoms with Crippen molar-refractivity contribution in [3.63, 3.8) is 0 Å². The molecule has 0 unspecified atom stereocenters. The summed E-state index contributed by atoms with van der Waals surface area (Å²) < 4.78 is 0. The number of rotatable bonds is 0. The molecule has 1 aliphatic rings. The monoisotopic (exact) mass is 181 g/mol. The lowest BCUT2D eigenvalue weighted by Gasteiger charge is -2.48.